The first-order valence-electron chi connectivity index (χ1n) is 5.50. The molecule has 0 radical (unpaired) electrons. The molecule has 0 aromatic carbocycles. The molecule has 20 heavy (non-hydrogen) atoms. The van der Waals surface area contributed by atoms with Gasteiger partial charge in [0.2, 0.25) is 0 Å². The zero-order valence-corrected chi connectivity index (χ0v) is 10.9. The summed E-state index contributed by atoms with van der Waals surface area (Å²) in [5.74, 6) is -1.26. The molecule has 0 fully saturated rings. The number of amides is 1. The van der Waals surface area contributed by atoms with Crippen LogP contribution in [0.5, 0.6) is 0 Å². The molecule has 0 aliphatic rings. The molecular formula is C12H9ClN4O3. The highest BCUT2D eigenvalue weighted by Gasteiger charge is 2.12. The maximum absolute atomic E-state index is 11.6. The Morgan fingerprint density at radius 3 is 2.80 bits per heavy atom. The lowest BCUT2D eigenvalue weighted by Crippen LogP contribution is -2.21. The van der Waals surface area contributed by atoms with Gasteiger partial charge in [-0.15, -0.1) is 0 Å². The van der Waals surface area contributed by atoms with Gasteiger partial charge in [0.05, 0.1) is 11.9 Å². The summed E-state index contributed by atoms with van der Waals surface area (Å²) in [5.41, 5.74) is 0.370. The summed E-state index contributed by atoms with van der Waals surface area (Å²) in [7, 11) is 0. The molecule has 0 aliphatic carbocycles. The highest BCUT2D eigenvalue weighted by Crippen LogP contribution is 2.17. The van der Waals surface area contributed by atoms with E-state index in [1.807, 2.05) is 0 Å². The molecule has 1 N–H and O–H groups in total. The van der Waals surface area contributed by atoms with Crippen molar-refractivity contribution >= 4 is 29.2 Å². The maximum Gasteiger partial charge on any atom is 0.359 e. The zero-order chi connectivity index (χ0) is 14.4. The monoisotopic (exact) mass is 292 g/mol. The molecule has 0 unspecified atom stereocenters. The van der Waals surface area contributed by atoms with Gasteiger partial charge < -0.3 is 10.1 Å². The predicted octanol–water partition coefficient (Wildman–Crippen LogP) is 1.32. The number of esters is 1. The topological polar surface area (TPSA) is 94.1 Å². The number of halogens is 1. The number of aromatic nitrogens is 3. The molecule has 0 aliphatic heterocycles. The van der Waals surface area contributed by atoms with E-state index in [0.29, 0.717) is 5.69 Å². The van der Waals surface area contributed by atoms with Crippen molar-refractivity contribution in [1.29, 1.82) is 0 Å². The van der Waals surface area contributed by atoms with Gasteiger partial charge >= 0.3 is 5.97 Å². The summed E-state index contributed by atoms with van der Waals surface area (Å²) in [6.45, 7) is -0.458. The zero-order valence-electron chi connectivity index (χ0n) is 10.1. The van der Waals surface area contributed by atoms with Crippen molar-refractivity contribution in [3.63, 3.8) is 0 Å². The Morgan fingerprint density at radius 1 is 1.25 bits per heavy atom. The van der Waals surface area contributed by atoms with Crippen LogP contribution in [0.1, 0.15) is 10.5 Å². The van der Waals surface area contributed by atoms with Gasteiger partial charge in [-0.05, 0) is 12.1 Å². The van der Waals surface area contributed by atoms with Crippen LogP contribution in [0.4, 0.5) is 5.69 Å². The summed E-state index contributed by atoms with van der Waals surface area (Å²) in [6, 6.07) is 3.20. The van der Waals surface area contributed by atoms with Crippen LogP contribution in [-0.4, -0.2) is 33.4 Å². The molecule has 0 bridgehead atoms. The minimum absolute atomic E-state index is 0.0275. The number of anilines is 1. The standard InChI is InChI=1S/C12H9ClN4O3/c13-11-8(2-1-3-16-11)17-10(18)7-20-12(19)9-6-14-4-5-15-9/h1-6H,7H2,(H,17,18). The molecular weight excluding hydrogens is 284 g/mol. The first-order chi connectivity index (χ1) is 9.66. The Labute approximate surface area is 119 Å². The van der Waals surface area contributed by atoms with Crippen LogP contribution >= 0.6 is 11.6 Å². The number of nitrogens with one attached hydrogen (secondary N) is 1. The van der Waals surface area contributed by atoms with Crippen molar-refractivity contribution in [2.75, 3.05) is 11.9 Å². The second-order valence-electron chi connectivity index (χ2n) is 3.56. The molecule has 2 heterocycles. The molecule has 0 saturated heterocycles. The summed E-state index contributed by atoms with van der Waals surface area (Å²) in [6.07, 6.45) is 5.52. The number of hydrogen-bond acceptors (Lipinski definition) is 6. The second kappa shape index (κ2) is 6.58. The molecule has 1 amide bonds. The first kappa shape index (κ1) is 13.9. The van der Waals surface area contributed by atoms with Gasteiger partial charge in [-0.2, -0.15) is 0 Å². The van der Waals surface area contributed by atoms with E-state index in [1.165, 1.54) is 24.8 Å². The van der Waals surface area contributed by atoms with Gasteiger partial charge in [-0.25, -0.2) is 14.8 Å². The first-order valence-corrected chi connectivity index (χ1v) is 5.88. The smallest absolute Gasteiger partial charge is 0.359 e. The number of pyridine rings is 1. The van der Waals surface area contributed by atoms with Crippen molar-refractivity contribution in [1.82, 2.24) is 15.0 Å². The molecule has 2 rings (SSSR count). The van der Waals surface area contributed by atoms with E-state index in [0.717, 1.165) is 0 Å². The third-order valence-corrected chi connectivity index (χ3v) is 2.44. The van der Waals surface area contributed by atoms with Crippen LogP contribution in [0.2, 0.25) is 5.15 Å². The Morgan fingerprint density at radius 2 is 2.10 bits per heavy atom. The van der Waals surface area contributed by atoms with Crippen LogP contribution in [0.3, 0.4) is 0 Å². The summed E-state index contributed by atoms with van der Waals surface area (Å²) < 4.78 is 4.78. The Balaban J connectivity index is 1.87. The number of nitrogens with zero attached hydrogens (tertiary/aromatic N) is 3. The Hall–Kier alpha value is -2.54. The molecule has 2 aromatic rings. The minimum atomic E-state index is -0.731. The third kappa shape index (κ3) is 3.72. The van der Waals surface area contributed by atoms with E-state index in [9.17, 15) is 9.59 Å². The van der Waals surface area contributed by atoms with Gasteiger partial charge in [0, 0.05) is 18.6 Å². The van der Waals surface area contributed by atoms with Gasteiger partial charge in [-0.1, -0.05) is 11.6 Å². The molecule has 102 valence electrons. The number of hydrogen-bond donors (Lipinski definition) is 1. The number of carbonyl (C=O) groups excluding carboxylic acids is 2. The van der Waals surface area contributed by atoms with Crippen molar-refractivity contribution in [3.05, 3.63) is 47.8 Å². The van der Waals surface area contributed by atoms with E-state index in [1.54, 1.807) is 12.1 Å². The van der Waals surface area contributed by atoms with Crippen LogP contribution in [-0.2, 0) is 9.53 Å². The summed E-state index contributed by atoms with van der Waals surface area (Å²) >= 11 is 5.78. The average Bonchev–Trinajstić information content (AvgIpc) is 2.48. The van der Waals surface area contributed by atoms with Crippen LogP contribution in [0.15, 0.2) is 36.9 Å². The molecule has 0 atom stereocenters. The number of rotatable bonds is 4. The lowest BCUT2D eigenvalue weighted by molar-refractivity contribution is -0.119. The molecule has 0 spiro atoms. The second-order valence-corrected chi connectivity index (χ2v) is 3.91. The lowest BCUT2D eigenvalue weighted by atomic mass is 10.4. The fraction of sp³-hybridized carbons (Fsp3) is 0.0833. The maximum atomic E-state index is 11.6. The van der Waals surface area contributed by atoms with E-state index in [2.05, 4.69) is 20.3 Å². The van der Waals surface area contributed by atoms with Crippen molar-refractivity contribution in [2.45, 2.75) is 0 Å². The Kier molecular flexibility index (Phi) is 4.56. The average molecular weight is 293 g/mol. The van der Waals surface area contributed by atoms with Gasteiger partial charge in [0.15, 0.2) is 17.5 Å². The fourth-order valence-corrected chi connectivity index (χ4v) is 1.44. The van der Waals surface area contributed by atoms with Gasteiger partial charge in [0.25, 0.3) is 5.91 Å². The van der Waals surface area contributed by atoms with Crippen LogP contribution in [0.25, 0.3) is 0 Å². The largest absolute Gasteiger partial charge is 0.451 e. The lowest BCUT2D eigenvalue weighted by Gasteiger charge is -2.06. The van der Waals surface area contributed by atoms with Crippen LogP contribution in [0, 0.1) is 0 Å². The summed E-state index contributed by atoms with van der Waals surface area (Å²) in [4.78, 5) is 34.4. The van der Waals surface area contributed by atoms with Gasteiger partial charge in [0.1, 0.15) is 0 Å². The summed E-state index contributed by atoms with van der Waals surface area (Å²) in [5, 5.41) is 2.62. The fourth-order valence-electron chi connectivity index (χ4n) is 1.28. The third-order valence-electron chi connectivity index (χ3n) is 2.14. The number of ether oxygens (including phenoxy) is 1. The minimum Gasteiger partial charge on any atom is -0.451 e. The van der Waals surface area contributed by atoms with Crippen LogP contribution < -0.4 is 5.32 Å². The van der Waals surface area contributed by atoms with E-state index in [4.69, 9.17) is 16.3 Å². The highest BCUT2D eigenvalue weighted by molar-refractivity contribution is 6.32. The molecule has 7 nitrogen and oxygen atoms in total. The van der Waals surface area contributed by atoms with E-state index < -0.39 is 18.5 Å². The van der Waals surface area contributed by atoms with E-state index >= 15 is 0 Å². The highest BCUT2D eigenvalue weighted by atomic mass is 35.5. The quantitative estimate of drug-likeness (QED) is 0.674. The van der Waals surface area contributed by atoms with Crippen molar-refractivity contribution < 1.29 is 14.3 Å². The normalized spacial score (nSPS) is 9.85. The van der Waals surface area contributed by atoms with E-state index in [-0.39, 0.29) is 10.8 Å². The molecule has 8 heteroatoms. The van der Waals surface area contributed by atoms with Gasteiger partial charge in [-0.3, -0.25) is 9.78 Å². The predicted molar refractivity (Wildman–Crippen MR) is 70.2 cm³/mol. The Bertz CT molecular complexity index is 621. The SMILES string of the molecule is O=C(COC(=O)c1cnccn1)Nc1cccnc1Cl. The molecule has 0 saturated carbocycles. The number of carbonyl (C=O) groups is 2. The van der Waals surface area contributed by atoms with Crippen molar-refractivity contribution in [2.24, 2.45) is 0 Å². The molecule has 2 aromatic heterocycles. The van der Waals surface area contributed by atoms with Crippen molar-refractivity contribution in [3.8, 4) is 0 Å².